The van der Waals surface area contributed by atoms with Crippen molar-refractivity contribution in [2.75, 3.05) is 13.1 Å². The van der Waals surface area contributed by atoms with E-state index in [4.69, 9.17) is 5.73 Å². The molecule has 1 aliphatic rings. The van der Waals surface area contributed by atoms with Gasteiger partial charge in [-0.2, -0.15) is 0 Å². The zero-order valence-corrected chi connectivity index (χ0v) is 10.7. The second-order valence-electron chi connectivity index (χ2n) is 4.90. The molecule has 1 fully saturated rings. The molecule has 19 heavy (non-hydrogen) atoms. The number of halogens is 2. The highest BCUT2D eigenvalue weighted by molar-refractivity contribution is 5.94. The van der Waals surface area contributed by atoms with Gasteiger partial charge >= 0.3 is 0 Å². The van der Waals surface area contributed by atoms with Crippen LogP contribution in [0, 0.1) is 11.6 Å². The minimum absolute atomic E-state index is 0.0404. The molecule has 2 rings (SSSR count). The molecule has 1 saturated heterocycles. The standard InChI is InChI=1S/C14H18F2N2O/c15-11-6-10(7-12(16)8-11)14(19)18-5-3-1-2-4-13(18)9-17/h6-8,13H,1-5,9,17H2. The van der Waals surface area contributed by atoms with Crippen LogP contribution in [0.25, 0.3) is 0 Å². The highest BCUT2D eigenvalue weighted by Gasteiger charge is 2.25. The molecule has 0 spiro atoms. The van der Waals surface area contributed by atoms with Gasteiger partial charge in [-0.05, 0) is 25.0 Å². The summed E-state index contributed by atoms with van der Waals surface area (Å²) in [6.07, 6.45) is 3.83. The molecule has 0 saturated carbocycles. The summed E-state index contributed by atoms with van der Waals surface area (Å²) in [5, 5.41) is 0. The Morgan fingerprint density at radius 2 is 1.89 bits per heavy atom. The summed E-state index contributed by atoms with van der Waals surface area (Å²) in [5.41, 5.74) is 5.75. The van der Waals surface area contributed by atoms with E-state index in [0.717, 1.165) is 43.9 Å². The van der Waals surface area contributed by atoms with Crippen molar-refractivity contribution in [3.8, 4) is 0 Å². The molecule has 1 aromatic rings. The number of carbonyl (C=O) groups excluding carboxylic acids is 1. The van der Waals surface area contributed by atoms with Crippen LogP contribution in [0.5, 0.6) is 0 Å². The minimum Gasteiger partial charge on any atom is -0.334 e. The van der Waals surface area contributed by atoms with Gasteiger partial charge in [-0.3, -0.25) is 4.79 Å². The zero-order chi connectivity index (χ0) is 13.8. The topological polar surface area (TPSA) is 46.3 Å². The van der Waals surface area contributed by atoms with E-state index in [0.29, 0.717) is 13.1 Å². The molecular weight excluding hydrogens is 250 g/mol. The molecule has 1 amide bonds. The number of nitrogens with zero attached hydrogens (tertiary/aromatic N) is 1. The normalized spacial score (nSPS) is 20.2. The first kappa shape index (κ1) is 13.9. The predicted octanol–water partition coefficient (Wildman–Crippen LogP) is 2.31. The van der Waals surface area contributed by atoms with Gasteiger partial charge in [-0.1, -0.05) is 12.8 Å². The smallest absolute Gasteiger partial charge is 0.254 e. The summed E-state index contributed by atoms with van der Waals surface area (Å²) in [4.78, 5) is 14.0. The predicted molar refractivity (Wildman–Crippen MR) is 68.7 cm³/mol. The van der Waals surface area contributed by atoms with E-state index in [1.165, 1.54) is 0 Å². The number of hydrogen-bond donors (Lipinski definition) is 1. The summed E-state index contributed by atoms with van der Waals surface area (Å²) < 4.78 is 26.4. The van der Waals surface area contributed by atoms with E-state index < -0.39 is 11.6 Å². The molecule has 1 unspecified atom stereocenters. The molecule has 1 aliphatic heterocycles. The Morgan fingerprint density at radius 3 is 2.53 bits per heavy atom. The minimum atomic E-state index is -0.734. The first-order valence-electron chi connectivity index (χ1n) is 6.59. The van der Waals surface area contributed by atoms with Crippen LogP contribution in [0.15, 0.2) is 18.2 Å². The molecule has 0 aromatic heterocycles. The van der Waals surface area contributed by atoms with Crippen molar-refractivity contribution in [2.45, 2.75) is 31.7 Å². The summed E-state index contributed by atoms with van der Waals surface area (Å²) in [6.45, 7) is 0.975. The number of benzene rings is 1. The van der Waals surface area contributed by atoms with Crippen LogP contribution in [-0.2, 0) is 0 Å². The third kappa shape index (κ3) is 3.29. The van der Waals surface area contributed by atoms with Crippen molar-refractivity contribution >= 4 is 5.91 Å². The van der Waals surface area contributed by atoms with Gasteiger partial charge in [-0.25, -0.2) is 8.78 Å². The Hall–Kier alpha value is -1.49. The maximum Gasteiger partial charge on any atom is 0.254 e. The first-order chi connectivity index (χ1) is 9.11. The largest absolute Gasteiger partial charge is 0.334 e. The molecule has 3 nitrogen and oxygen atoms in total. The second kappa shape index (κ2) is 6.10. The number of amides is 1. The summed E-state index contributed by atoms with van der Waals surface area (Å²) in [7, 11) is 0. The Balaban J connectivity index is 2.25. The molecule has 1 atom stereocenters. The summed E-state index contributed by atoms with van der Waals surface area (Å²) in [6, 6.07) is 2.87. The van der Waals surface area contributed by atoms with E-state index in [1.54, 1.807) is 4.90 Å². The SMILES string of the molecule is NCC1CCCCCN1C(=O)c1cc(F)cc(F)c1. The lowest BCUT2D eigenvalue weighted by Crippen LogP contribution is -2.44. The molecule has 1 aromatic carbocycles. The van der Waals surface area contributed by atoms with E-state index in [9.17, 15) is 13.6 Å². The quantitative estimate of drug-likeness (QED) is 0.894. The van der Waals surface area contributed by atoms with Crippen LogP contribution in [0.4, 0.5) is 8.78 Å². The van der Waals surface area contributed by atoms with Gasteiger partial charge in [0.25, 0.3) is 5.91 Å². The number of hydrogen-bond acceptors (Lipinski definition) is 2. The van der Waals surface area contributed by atoms with Crippen LogP contribution in [0.2, 0.25) is 0 Å². The summed E-state index contributed by atoms with van der Waals surface area (Å²) >= 11 is 0. The molecule has 0 aliphatic carbocycles. The third-order valence-corrected chi connectivity index (χ3v) is 3.52. The fourth-order valence-corrected chi connectivity index (χ4v) is 2.53. The van der Waals surface area contributed by atoms with Gasteiger partial charge in [0.15, 0.2) is 0 Å². The average molecular weight is 268 g/mol. The van der Waals surface area contributed by atoms with Crippen LogP contribution in [-0.4, -0.2) is 29.9 Å². The van der Waals surface area contributed by atoms with E-state index in [1.807, 2.05) is 0 Å². The Kier molecular flexibility index (Phi) is 4.47. The van der Waals surface area contributed by atoms with Crippen molar-refractivity contribution in [3.63, 3.8) is 0 Å². The maximum atomic E-state index is 13.2. The lowest BCUT2D eigenvalue weighted by Gasteiger charge is -2.29. The van der Waals surface area contributed by atoms with Gasteiger partial charge in [-0.15, -0.1) is 0 Å². The van der Waals surface area contributed by atoms with Crippen molar-refractivity contribution in [3.05, 3.63) is 35.4 Å². The fraction of sp³-hybridized carbons (Fsp3) is 0.500. The Bertz CT molecular complexity index is 445. The third-order valence-electron chi connectivity index (χ3n) is 3.52. The lowest BCUT2D eigenvalue weighted by atomic mass is 10.1. The molecule has 0 bridgehead atoms. The van der Waals surface area contributed by atoms with Crippen molar-refractivity contribution in [2.24, 2.45) is 5.73 Å². The zero-order valence-electron chi connectivity index (χ0n) is 10.7. The maximum absolute atomic E-state index is 13.2. The highest BCUT2D eigenvalue weighted by atomic mass is 19.1. The molecule has 1 heterocycles. The number of likely N-dealkylation sites (tertiary alicyclic amines) is 1. The van der Waals surface area contributed by atoms with Crippen LogP contribution in [0.3, 0.4) is 0 Å². The average Bonchev–Trinajstić information content (AvgIpc) is 2.61. The number of carbonyl (C=O) groups is 1. The first-order valence-corrected chi connectivity index (χ1v) is 6.59. The van der Waals surface area contributed by atoms with Gasteiger partial charge in [0.05, 0.1) is 0 Å². The van der Waals surface area contributed by atoms with Crippen molar-refractivity contribution in [1.29, 1.82) is 0 Å². The fourth-order valence-electron chi connectivity index (χ4n) is 2.53. The van der Waals surface area contributed by atoms with Crippen LogP contribution in [0.1, 0.15) is 36.0 Å². The Labute approximate surface area is 111 Å². The van der Waals surface area contributed by atoms with Gasteiger partial charge in [0, 0.05) is 30.8 Å². The molecule has 0 radical (unpaired) electrons. The van der Waals surface area contributed by atoms with Gasteiger partial charge in [0.2, 0.25) is 0 Å². The van der Waals surface area contributed by atoms with Crippen LogP contribution >= 0.6 is 0 Å². The van der Waals surface area contributed by atoms with Crippen molar-refractivity contribution in [1.82, 2.24) is 4.90 Å². The molecule has 104 valence electrons. The molecule has 2 N–H and O–H groups in total. The van der Waals surface area contributed by atoms with Gasteiger partial charge < -0.3 is 10.6 Å². The molecule has 5 heteroatoms. The highest BCUT2D eigenvalue weighted by Crippen LogP contribution is 2.19. The van der Waals surface area contributed by atoms with Crippen LogP contribution < -0.4 is 5.73 Å². The number of nitrogens with two attached hydrogens (primary N) is 1. The Morgan fingerprint density at radius 1 is 1.21 bits per heavy atom. The van der Waals surface area contributed by atoms with Crippen molar-refractivity contribution < 1.29 is 13.6 Å². The van der Waals surface area contributed by atoms with E-state index in [-0.39, 0.29) is 17.5 Å². The van der Waals surface area contributed by atoms with E-state index >= 15 is 0 Å². The van der Waals surface area contributed by atoms with E-state index in [2.05, 4.69) is 0 Å². The lowest BCUT2D eigenvalue weighted by molar-refractivity contribution is 0.0688. The summed E-state index contributed by atoms with van der Waals surface area (Å²) in [5.74, 6) is -1.80. The monoisotopic (exact) mass is 268 g/mol. The molecular formula is C14H18F2N2O. The van der Waals surface area contributed by atoms with Gasteiger partial charge in [0.1, 0.15) is 11.6 Å². The second-order valence-corrected chi connectivity index (χ2v) is 4.90. The number of rotatable bonds is 2.